The molecule has 3 aromatic rings. The monoisotopic (exact) mass is 381 g/mol. The quantitative estimate of drug-likeness (QED) is 0.603. The average molecular weight is 382 g/mol. The summed E-state index contributed by atoms with van der Waals surface area (Å²) in [7, 11) is 0. The number of nitrogens with zero attached hydrogens (tertiary/aromatic N) is 2. The molecule has 0 saturated heterocycles. The predicted molar refractivity (Wildman–Crippen MR) is 108 cm³/mol. The third kappa shape index (κ3) is 5.14. The van der Waals surface area contributed by atoms with Crippen molar-refractivity contribution < 1.29 is 9.59 Å². The van der Waals surface area contributed by atoms with Gasteiger partial charge in [-0.25, -0.2) is 4.68 Å². The molecule has 1 N–H and O–H groups in total. The van der Waals surface area contributed by atoms with Crippen molar-refractivity contribution in [3.63, 3.8) is 0 Å². The summed E-state index contributed by atoms with van der Waals surface area (Å²) in [6.07, 6.45) is 4.87. The Bertz CT molecular complexity index is 912. The molecule has 1 aromatic carbocycles. The Labute approximate surface area is 163 Å². The van der Waals surface area contributed by atoms with Gasteiger partial charge in [0.05, 0.1) is 5.69 Å². The molecule has 0 spiro atoms. The number of nitrogens with one attached hydrogen (secondary N) is 1. The highest BCUT2D eigenvalue weighted by molar-refractivity contribution is 7.12. The third-order valence-electron chi connectivity index (χ3n) is 4.36. The van der Waals surface area contributed by atoms with E-state index in [0.717, 1.165) is 33.0 Å². The van der Waals surface area contributed by atoms with Crippen molar-refractivity contribution in [3.05, 3.63) is 69.7 Å². The van der Waals surface area contributed by atoms with Crippen molar-refractivity contribution in [2.45, 2.75) is 33.1 Å². The summed E-state index contributed by atoms with van der Waals surface area (Å²) >= 11 is 1.62. The summed E-state index contributed by atoms with van der Waals surface area (Å²) in [6.45, 7) is 4.50. The van der Waals surface area contributed by atoms with Gasteiger partial charge in [0.15, 0.2) is 5.78 Å². The molecule has 0 fully saturated rings. The van der Waals surface area contributed by atoms with Crippen molar-refractivity contribution in [2.24, 2.45) is 0 Å². The normalized spacial score (nSPS) is 10.7. The van der Waals surface area contributed by atoms with E-state index in [1.54, 1.807) is 22.2 Å². The van der Waals surface area contributed by atoms with E-state index in [2.05, 4.69) is 10.4 Å². The van der Waals surface area contributed by atoms with Crippen molar-refractivity contribution in [1.29, 1.82) is 0 Å². The van der Waals surface area contributed by atoms with E-state index in [1.165, 1.54) is 0 Å². The van der Waals surface area contributed by atoms with Crippen LogP contribution in [-0.2, 0) is 11.2 Å². The van der Waals surface area contributed by atoms with Gasteiger partial charge in [-0.05, 0) is 50.1 Å². The molecule has 0 aliphatic carbocycles. The van der Waals surface area contributed by atoms with Crippen molar-refractivity contribution in [1.82, 2.24) is 15.1 Å². The van der Waals surface area contributed by atoms with Gasteiger partial charge >= 0.3 is 0 Å². The fourth-order valence-electron chi connectivity index (χ4n) is 2.94. The molecule has 0 aliphatic rings. The molecular weight excluding hydrogens is 358 g/mol. The lowest BCUT2D eigenvalue weighted by Gasteiger charge is -2.07. The summed E-state index contributed by atoms with van der Waals surface area (Å²) in [5, 5.41) is 7.09. The van der Waals surface area contributed by atoms with Gasteiger partial charge in [-0.2, -0.15) is 5.10 Å². The van der Waals surface area contributed by atoms with Gasteiger partial charge in [0.2, 0.25) is 5.91 Å². The average Bonchev–Trinajstić information content (AvgIpc) is 3.30. The van der Waals surface area contributed by atoms with Gasteiger partial charge < -0.3 is 5.32 Å². The standard InChI is InChI=1S/C21H23N3O2S/c1-15-14-19(16(2)27-15)20(25)8-9-21(26)22-12-10-17-4-6-18(7-5-17)24-13-3-11-23-24/h3-7,11,13-14H,8-10,12H2,1-2H3,(H,22,26). The Kier molecular flexibility index (Phi) is 6.19. The maximum atomic E-state index is 12.2. The van der Waals surface area contributed by atoms with Crippen LogP contribution in [0.4, 0.5) is 0 Å². The molecule has 27 heavy (non-hydrogen) atoms. The van der Waals surface area contributed by atoms with Crippen LogP contribution in [-0.4, -0.2) is 28.0 Å². The highest BCUT2D eigenvalue weighted by atomic mass is 32.1. The van der Waals surface area contributed by atoms with Gasteiger partial charge in [-0.1, -0.05) is 12.1 Å². The minimum atomic E-state index is -0.0823. The third-order valence-corrected chi connectivity index (χ3v) is 5.33. The van der Waals surface area contributed by atoms with E-state index in [4.69, 9.17) is 0 Å². The lowest BCUT2D eigenvalue weighted by Crippen LogP contribution is -2.26. The van der Waals surface area contributed by atoms with Gasteiger partial charge in [-0.15, -0.1) is 11.3 Å². The molecule has 0 atom stereocenters. The number of Topliss-reactive ketones (excluding diaryl/α,β-unsaturated/α-hetero) is 1. The van der Waals surface area contributed by atoms with E-state index >= 15 is 0 Å². The van der Waals surface area contributed by atoms with Crippen LogP contribution in [0.5, 0.6) is 0 Å². The lowest BCUT2D eigenvalue weighted by molar-refractivity contribution is -0.121. The van der Waals surface area contributed by atoms with Gasteiger partial charge in [0.1, 0.15) is 0 Å². The van der Waals surface area contributed by atoms with Crippen LogP contribution < -0.4 is 5.32 Å². The van der Waals surface area contributed by atoms with Crippen molar-refractivity contribution in [3.8, 4) is 5.69 Å². The second-order valence-corrected chi connectivity index (χ2v) is 7.93. The van der Waals surface area contributed by atoms with E-state index in [0.29, 0.717) is 6.54 Å². The lowest BCUT2D eigenvalue weighted by atomic mass is 10.1. The van der Waals surface area contributed by atoms with Crippen LogP contribution in [0.25, 0.3) is 5.69 Å². The number of hydrogen-bond acceptors (Lipinski definition) is 4. The van der Waals surface area contributed by atoms with E-state index in [-0.39, 0.29) is 24.5 Å². The van der Waals surface area contributed by atoms with E-state index in [9.17, 15) is 9.59 Å². The smallest absolute Gasteiger partial charge is 0.220 e. The minimum absolute atomic E-state index is 0.0428. The number of aromatic nitrogens is 2. The number of aryl methyl sites for hydroxylation is 2. The highest BCUT2D eigenvalue weighted by Gasteiger charge is 2.13. The first-order valence-corrected chi connectivity index (χ1v) is 9.80. The summed E-state index contributed by atoms with van der Waals surface area (Å²) < 4.78 is 1.80. The fourth-order valence-corrected chi connectivity index (χ4v) is 3.88. The van der Waals surface area contributed by atoms with Gasteiger partial charge in [0.25, 0.3) is 0 Å². The second-order valence-electron chi connectivity index (χ2n) is 6.47. The molecular formula is C21H23N3O2S. The number of hydrogen-bond donors (Lipinski definition) is 1. The molecule has 3 rings (SSSR count). The maximum Gasteiger partial charge on any atom is 0.220 e. The van der Waals surface area contributed by atoms with E-state index in [1.807, 2.05) is 56.4 Å². The van der Waals surface area contributed by atoms with Crippen LogP contribution in [0.1, 0.15) is 38.5 Å². The minimum Gasteiger partial charge on any atom is -0.356 e. The number of thiophene rings is 1. The molecule has 0 saturated carbocycles. The number of rotatable bonds is 8. The Balaban J connectivity index is 1.40. The van der Waals surface area contributed by atoms with Gasteiger partial charge in [0, 0.05) is 47.1 Å². The molecule has 2 heterocycles. The number of carbonyl (C=O) groups excluding carboxylic acids is 2. The second kappa shape index (κ2) is 8.77. The zero-order valence-electron chi connectivity index (χ0n) is 15.6. The molecule has 2 aromatic heterocycles. The topological polar surface area (TPSA) is 64.0 Å². The molecule has 0 radical (unpaired) electrons. The first-order chi connectivity index (χ1) is 13.0. The van der Waals surface area contributed by atoms with Crippen molar-refractivity contribution >= 4 is 23.0 Å². The highest BCUT2D eigenvalue weighted by Crippen LogP contribution is 2.22. The Morgan fingerprint density at radius 1 is 1.15 bits per heavy atom. The number of carbonyl (C=O) groups is 2. The molecule has 0 bridgehead atoms. The fraction of sp³-hybridized carbons (Fsp3) is 0.286. The molecule has 0 unspecified atom stereocenters. The number of amides is 1. The molecule has 5 nitrogen and oxygen atoms in total. The molecule has 6 heteroatoms. The Hall–Kier alpha value is -2.73. The number of ketones is 1. The molecule has 0 aliphatic heterocycles. The summed E-state index contributed by atoms with van der Waals surface area (Å²) in [5.41, 5.74) is 2.90. The molecule has 1 amide bonds. The SMILES string of the molecule is Cc1cc(C(=O)CCC(=O)NCCc2ccc(-n3cccn3)cc2)c(C)s1. The van der Waals surface area contributed by atoms with Crippen LogP contribution in [0.15, 0.2) is 48.8 Å². The first-order valence-electron chi connectivity index (χ1n) is 8.99. The Morgan fingerprint density at radius 3 is 2.56 bits per heavy atom. The zero-order chi connectivity index (χ0) is 19.2. The predicted octanol–water partition coefficient (Wildman–Crippen LogP) is 3.87. The zero-order valence-corrected chi connectivity index (χ0v) is 16.4. The summed E-state index contributed by atoms with van der Waals surface area (Å²) in [4.78, 5) is 26.4. The summed E-state index contributed by atoms with van der Waals surface area (Å²) in [6, 6.07) is 11.9. The molecule has 140 valence electrons. The van der Waals surface area contributed by atoms with Crippen molar-refractivity contribution in [2.75, 3.05) is 6.54 Å². The van der Waals surface area contributed by atoms with Crippen LogP contribution in [0, 0.1) is 13.8 Å². The Morgan fingerprint density at radius 2 is 1.93 bits per heavy atom. The first kappa shape index (κ1) is 19.0. The number of benzene rings is 1. The largest absolute Gasteiger partial charge is 0.356 e. The van der Waals surface area contributed by atoms with Crippen LogP contribution >= 0.6 is 11.3 Å². The summed E-state index contributed by atoms with van der Waals surface area (Å²) in [5.74, 6) is -0.0395. The maximum absolute atomic E-state index is 12.2. The van der Waals surface area contributed by atoms with Crippen LogP contribution in [0.3, 0.4) is 0 Å². The van der Waals surface area contributed by atoms with Crippen LogP contribution in [0.2, 0.25) is 0 Å². The van der Waals surface area contributed by atoms with Gasteiger partial charge in [-0.3, -0.25) is 9.59 Å². The van der Waals surface area contributed by atoms with E-state index < -0.39 is 0 Å².